The normalized spacial score (nSPS) is 16.1. The predicted molar refractivity (Wildman–Crippen MR) is 73.8 cm³/mol. The molecule has 0 heterocycles. The minimum absolute atomic E-state index is 0.0732. The van der Waals surface area contributed by atoms with E-state index in [1.54, 1.807) is 0 Å². The van der Waals surface area contributed by atoms with E-state index < -0.39 is 0 Å². The molecule has 1 aliphatic carbocycles. The fraction of sp³-hybridized carbons (Fsp3) is 0.500. The van der Waals surface area contributed by atoms with Gasteiger partial charge in [-0.05, 0) is 37.0 Å². The van der Waals surface area contributed by atoms with Crippen molar-refractivity contribution < 1.29 is 4.79 Å². The molecule has 1 saturated carbocycles. The Hall–Kier alpha value is -1.22. The first-order chi connectivity index (χ1) is 8.66. The van der Waals surface area contributed by atoms with Gasteiger partial charge in [-0.1, -0.05) is 37.1 Å². The van der Waals surface area contributed by atoms with Gasteiger partial charge in [0.25, 0.3) is 0 Å². The van der Waals surface area contributed by atoms with E-state index in [2.05, 4.69) is 17.6 Å². The van der Waals surface area contributed by atoms with Crippen LogP contribution in [0, 0.1) is 0 Å². The average molecular weight is 267 g/mol. The second-order valence-electron chi connectivity index (χ2n) is 4.82. The van der Waals surface area contributed by atoms with Gasteiger partial charge in [0, 0.05) is 11.6 Å². The summed E-state index contributed by atoms with van der Waals surface area (Å²) in [5, 5.41) is 6.68. The van der Waals surface area contributed by atoms with E-state index in [0.717, 1.165) is 42.8 Å². The number of rotatable bonds is 5. The quantitative estimate of drug-likeness (QED) is 0.788. The van der Waals surface area contributed by atoms with Crippen molar-refractivity contribution in [2.45, 2.75) is 38.1 Å². The molecule has 4 heteroatoms. The van der Waals surface area contributed by atoms with Crippen LogP contribution in [0.1, 0.15) is 38.2 Å². The largest absolute Gasteiger partial charge is 0.338 e. The second-order valence-corrected chi connectivity index (χ2v) is 5.26. The molecule has 1 fully saturated rings. The van der Waals surface area contributed by atoms with Crippen LogP contribution in [0.5, 0.6) is 0 Å². The molecule has 2 amide bonds. The predicted octanol–water partition coefficient (Wildman–Crippen LogP) is 3.43. The fourth-order valence-corrected chi connectivity index (χ4v) is 2.15. The minimum atomic E-state index is -0.166. The zero-order valence-electron chi connectivity index (χ0n) is 10.6. The highest BCUT2D eigenvalue weighted by atomic mass is 35.5. The highest BCUT2D eigenvalue weighted by Gasteiger charge is 2.45. The van der Waals surface area contributed by atoms with Gasteiger partial charge in [-0.15, -0.1) is 0 Å². The molecule has 1 aromatic rings. The van der Waals surface area contributed by atoms with E-state index in [1.807, 2.05) is 24.3 Å². The first-order valence-electron chi connectivity index (χ1n) is 6.48. The molecule has 1 aromatic carbocycles. The Bertz CT molecular complexity index is 412. The average Bonchev–Trinajstić information content (AvgIpc) is 3.11. The third-order valence-corrected chi connectivity index (χ3v) is 3.57. The molecule has 1 aliphatic rings. The van der Waals surface area contributed by atoms with Crippen LogP contribution in [0.3, 0.4) is 0 Å². The minimum Gasteiger partial charge on any atom is -0.338 e. The lowest BCUT2D eigenvalue weighted by Gasteiger charge is -2.18. The highest BCUT2D eigenvalue weighted by Crippen LogP contribution is 2.45. The summed E-state index contributed by atoms with van der Waals surface area (Å²) in [6.45, 7) is 2.84. The Labute approximate surface area is 113 Å². The molecule has 0 unspecified atom stereocenters. The van der Waals surface area contributed by atoms with Crippen molar-refractivity contribution in [2.24, 2.45) is 0 Å². The summed E-state index contributed by atoms with van der Waals surface area (Å²) >= 11 is 5.87. The van der Waals surface area contributed by atoms with Gasteiger partial charge in [0.1, 0.15) is 0 Å². The summed E-state index contributed by atoms with van der Waals surface area (Å²) < 4.78 is 0. The molecule has 0 saturated heterocycles. The van der Waals surface area contributed by atoms with Gasteiger partial charge < -0.3 is 10.6 Å². The van der Waals surface area contributed by atoms with Crippen molar-refractivity contribution in [3.63, 3.8) is 0 Å². The number of benzene rings is 1. The van der Waals surface area contributed by atoms with Crippen LogP contribution in [-0.4, -0.2) is 12.6 Å². The zero-order chi connectivity index (χ0) is 13.0. The maximum atomic E-state index is 11.8. The number of hydrogen-bond donors (Lipinski definition) is 2. The first kappa shape index (κ1) is 13.2. The molecular formula is C14H19ClN2O. The Kier molecular flexibility index (Phi) is 4.12. The molecule has 0 radical (unpaired) electrons. The lowest BCUT2D eigenvalue weighted by Crippen LogP contribution is -2.42. The van der Waals surface area contributed by atoms with Gasteiger partial charge in [-0.2, -0.15) is 0 Å². The molecule has 0 aromatic heterocycles. The van der Waals surface area contributed by atoms with Crippen molar-refractivity contribution in [1.29, 1.82) is 0 Å². The fourth-order valence-electron chi connectivity index (χ4n) is 2.02. The van der Waals surface area contributed by atoms with Crippen LogP contribution in [0.4, 0.5) is 4.79 Å². The molecule has 3 nitrogen and oxygen atoms in total. The third kappa shape index (κ3) is 3.16. The van der Waals surface area contributed by atoms with Crippen LogP contribution in [0.25, 0.3) is 0 Å². The van der Waals surface area contributed by atoms with Crippen molar-refractivity contribution in [3.05, 3.63) is 34.9 Å². The van der Waals surface area contributed by atoms with E-state index in [9.17, 15) is 4.79 Å². The van der Waals surface area contributed by atoms with Gasteiger partial charge in [-0.25, -0.2) is 4.79 Å². The summed E-state index contributed by atoms with van der Waals surface area (Å²) in [5.74, 6) is 0. The second kappa shape index (κ2) is 5.61. The summed E-state index contributed by atoms with van der Waals surface area (Å²) in [6, 6.07) is 7.64. The van der Waals surface area contributed by atoms with Crippen molar-refractivity contribution in [2.75, 3.05) is 6.54 Å². The lowest BCUT2D eigenvalue weighted by atomic mass is 10.1. The molecule has 98 valence electrons. The van der Waals surface area contributed by atoms with E-state index in [4.69, 9.17) is 11.6 Å². The van der Waals surface area contributed by atoms with E-state index in [0.29, 0.717) is 0 Å². The first-order valence-corrected chi connectivity index (χ1v) is 6.86. The number of nitrogens with one attached hydrogen (secondary N) is 2. The number of halogens is 1. The Morgan fingerprint density at radius 2 is 2.00 bits per heavy atom. The van der Waals surface area contributed by atoms with E-state index in [1.165, 1.54) is 0 Å². The van der Waals surface area contributed by atoms with Crippen molar-refractivity contribution in [3.8, 4) is 0 Å². The number of amides is 2. The van der Waals surface area contributed by atoms with Gasteiger partial charge in [-0.3, -0.25) is 0 Å². The molecule has 0 bridgehead atoms. The van der Waals surface area contributed by atoms with Gasteiger partial charge >= 0.3 is 6.03 Å². The smallest absolute Gasteiger partial charge is 0.315 e. The maximum Gasteiger partial charge on any atom is 0.315 e. The van der Waals surface area contributed by atoms with Gasteiger partial charge in [0.05, 0.1) is 5.54 Å². The summed E-state index contributed by atoms with van der Waals surface area (Å²) in [5.41, 5.74) is 0.971. The molecule has 18 heavy (non-hydrogen) atoms. The maximum absolute atomic E-state index is 11.8. The molecular weight excluding hydrogens is 248 g/mol. The molecule has 0 atom stereocenters. The van der Waals surface area contributed by atoms with Crippen LogP contribution in [-0.2, 0) is 5.54 Å². The third-order valence-electron chi connectivity index (χ3n) is 3.32. The zero-order valence-corrected chi connectivity index (χ0v) is 11.4. The van der Waals surface area contributed by atoms with Crippen molar-refractivity contribution in [1.82, 2.24) is 10.6 Å². The monoisotopic (exact) mass is 266 g/mol. The molecule has 2 N–H and O–H groups in total. The summed E-state index contributed by atoms with van der Waals surface area (Å²) in [4.78, 5) is 11.8. The topological polar surface area (TPSA) is 41.1 Å². The SMILES string of the molecule is CCCCNC(=O)NC1(c2ccc(Cl)cc2)CC1. The van der Waals surface area contributed by atoms with Gasteiger partial charge in [0.2, 0.25) is 0 Å². The lowest BCUT2D eigenvalue weighted by molar-refractivity contribution is 0.235. The van der Waals surface area contributed by atoms with E-state index in [-0.39, 0.29) is 11.6 Å². The molecule has 0 aliphatic heterocycles. The standard InChI is InChI=1S/C14H19ClN2O/c1-2-3-10-16-13(18)17-14(8-9-14)11-4-6-12(15)7-5-11/h4-7H,2-3,8-10H2,1H3,(H2,16,17,18). The molecule has 0 spiro atoms. The van der Waals surface area contributed by atoms with Crippen LogP contribution in [0.15, 0.2) is 24.3 Å². The number of carbonyl (C=O) groups excluding carboxylic acids is 1. The Balaban J connectivity index is 1.92. The summed E-state index contributed by atoms with van der Waals surface area (Å²) in [6.07, 6.45) is 4.09. The van der Waals surface area contributed by atoms with Crippen molar-refractivity contribution >= 4 is 17.6 Å². The van der Waals surface area contributed by atoms with Crippen LogP contribution in [0.2, 0.25) is 5.02 Å². The number of carbonyl (C=O) groups is 1. The number of unbranched alkanes of at least 4 members (excludes halogenated alkanes) is 1. The van der Waals surface area contributed by atoms with Gasteiger partial charge in [0.15, 0.2) is 0 Å². The van der Waals surface area contributed by atoms with Crippen LogP contribution < -0.4 is 10.6 Å². The highest BCUT2D eigenvalue weighted by molar-refractivity contribution is 6.30. The number of hydrogen-bond acceptors (Lipinski definition) is 1. The Morgan fingerprint density at radius 1 is 1.33 bits per heavy atom. The summed E-state index contributed by atoms with van der Waals surface area (Å²) in [7, 11) is 0. The Morgan fingerprint density at radius 3 is 2.56 bits per heavy atom. The van der Waals surface area contributed by atoms with Crippen LogP contribution >= 0.6 is 11.6 Å². The van der Waals surface area contributed by atoms with E-state index >= 15 is 0 Å². The number of urea groups is 1. The molecule has 2 rings (SSSR count).